The number of benzene rings is 2. The highest BCUT2D eigenvalue weighted by molar-refractivity contribution is 6.30. The Bertz CT molecular complexity index is 1180. The van der Waals surface area contributed by atoms with Crippen LogP contribution in [0.1, 0.15) is 0 Å². The van der Waals surface area contributed by atoms with E-state index in [0.29, 0.717) is 16.5 Å². The van der Waals surface area contributed by atoms with Gasteiger partial charge in [-0.3, -0.25) is 4.79 Å². The van der Waals surface area contributed by atoms with Crippen molar-refractivity contribution in [3.63, 3.8) is 0 Å². The molecule has 2 aromatic carbocycles. The molecule has 2 N–H and O–H groups in total. The third kappa shape index (κ3) is 3.86. The van der Waals surface area contributed by atoms with Crippen LogP contribution in [0.4, 0.5) is 17.2 Å². The second kappa shape index (κ2) is 7.53. The summed E-state index contributed by atoms with van der Waals surface area (Å²) in [4.78, 5) is 29.0. The summed E-state index contributed by atoms with van der Waals surface area (Å²) in [7, 11) is 0. The van der Waals surface area contributed by atoms with E-state index in [9.17, 15) is 9.59 Å². The lowest BCUT2D eigenvalue weighted by Gasteiger charge is -2.04. The molecule has 140 valence electrons. The molecule has 0 bridgehead atoms. The van der Waals surface area contributed by atoms with Crippen molar-refractivity contribution < 1.29 is 4.79 Å². The lowest BCUT2D eigenvalue weighted by atomic mass is 10.3. The van der Waals surface area contributed by atoms with Crippen LogP contribution in [0.25, 0.3) is 5.78 Å². The number of nitrogens with zero attached hydrogens (tertiary/aromatic N) is 4. The first kappa shape index (κ1) is 17.7. The fourth-order valence-electron chi connectivity index (χ4n) is 2.62. The highest BCUT2D eigenvalue weighted by Crippen LogP contribution is 2.14. The van der Waals surface area contributed by atoms with Crippen LogP contribution in [0.15, 0.2) is 71.7 Å². The van der Waals surface area contributed by atoms with Crippen molar-refractivity contribution in [2.45, 2.75) is 6.54 Å². The van der Waals surface area contributed by atoms with E-state index < -0.39 is 5.69 Å². The molecule has 0 fully saturated rings. The van der Waals surface area contributed by atoms with Crippen molar-refractivity contribution >= 4 is 40.5 Å². The molecule has 0 unspecified atom stereocenters. The summed E-state index contributed by atoms with van der Waals surface area (Å²) in [5.41, 5.74) is 1.00. The highest BCUT2D eigenvalue weighted by atomic mass is 35.5. The van der Waals surface area contributed by atoms with Crippen molar-refractivity contribution in [1.82, 2.24) is 19.2 Å². The molecule has 0 spiro atoms. The summed E-state index contributed by atoms with van der Waals surface area (Å²) in [5, 5.41) is 10.5. The number of halogens is 1. The Morgan fingerprint density at radius 1 is 1.00 bits per heavy atom. The van der Waals surface area contributed by atoms with Crippen molar-refractivity contribution in [1.29, 1.82) is 0 Å². The molecule has 0 saturated heterocycles. The normalized spacial score (nSPS) is 10.8. The number of anilines is 3. The summed E-state index contributed by atoms with van der Waals surface area (Å²) in [5.74, 6) is 0.363. The molecule has 0 aliphatic carbocycles. The van der Waals surface area contributed by atoms with Gasteiger partial charge in [0.05, 0.1) is 0 Å². The van der Waals surface area contributed by atoms with E-state index in [2.05, 4.69) is 20.7 Å². The van der Waals surface area contributed by atoms with Crippen molar-refractivity contribution in [2.75, 3.05) is 10.6 Å². The number of rotatable bonds is 5. The molecule has 28 heavy (non-hydrogen) atoms. The van der Waals surface area contributed by atoms with E-state index in [1.165, 1.54) is 4.40 Å². The number of fused-ring (bicyclic) bond motifs is 1. The molecule has 2 aromatic heterocycles. The van der Waals surface area contributed by atoms with E-state index in [-0.39, 0.29) is 18.2 Å². The smallest absolute Gasteiger partial charge is 0.340 e. The monoisotopic (exact) mass is 394 g/mol. The lowest BCUT2D eigenvalue weighted by molar-refractivity contribution is -0.117. The molecular weight excluding hydrogens is 380 g/mol. The quantitative estimate of drug-likeness (QED) is 0.543. The molecule has 0 radical (unpaired) electrons. The van der Waals surface area contributed by atoms with Crippen LogP contribution in [0.5, 0.6) is 0 Å². The van der Waals surface area contributed by atoms with E-state index >= 15 is 0 Å². The van der Waals surface area contributed by atoms with Crippen LogP contribution in [0.2, 0.25) is 5.02 Å². The van der Waals surface area contributed by atoms with Gasteiger partial charge in [0.1, 0.15) is 12.4 Å². The van der Waals surface area contributed by atoms with Gasteiger partial charge in [-0.05, 0) is 42.5 Å². The molecule has 4 aromatic rings. The third-order valence-corrected chi connectivity index (χ3v) is 4.17. The molecule has 0 aliphatic heterocycles. The minimum absolute atomic E-state index is 0.199. The molecule has 9 heteroatoms. The molecule has 0 aliphatic rings. The zero-order valence-corrected chi connectivity index (χ0v) is 15.3. The highest BCUT2D eigenvalue weighted by Gasteiger charge is 2.12. The molecule has 4 rings (SSSR count). The largest absolute Gasteiger partial charge is 0.352 e. The second-order valence-corrected chi connectivity index (χ2v) is 6.41. The fourth-order valence-corrected chi connectivity index (χ4v) is 2.74. The third-order valence-electron chi connectivity index (χ3n) is 3.92. The zero-order valence-electron chi connectivity index (χ0n) is 14.5. The number of nitrogens with one attached hydrogen (secondary N) is 2. The van der Waals surface area contributed by atoms with E-state index in [4.69, 9.17) is 11.6 Å². The van der Waals surface area contributed by atoms with E-state index in [0.717, 1.165) is 10.4 Å². The Morgan fingerprint density at radius 3 is 2.50 bits per heavy atom. The topological polar surface area (TPSA) is 93.3 Å². The number of hydrogen-bond acceptors (Lipinski definition) is 5. The van der Waals surface area contributed by atoms with Gasteiger partial charge in [-0.15, -0.1) is 5.10 Å². The van der Waals surface area contributed by atoms with Crippen LogP contribution in [-0.4, -0.2) is 25.1 Å². The summed E-state index contributed by atoms with van der Waals surface area (Å²) < 4.78 is 2.35. The Kier molecular flexibility index (Phi) is 4.77. The Balaban J connectivity index is 1.52. The van der Waals surface area contributed by atoms with Crippen LogP contribution < -0.4 is 16.3 Å². The average Bonchev–Trinajstić information content (AvgIpc) is 2.99. The van der Waals surface area contributed by atoms with Crippen molar-refractivity contribution in [3.05, 3.63) is 82.4 Å². The SMILES string of the molecule is O=C(Cn1nc2nc(Nc3ccccc3)ccn2c1=O)Nc1ccc(Cl)cc1. The van der Waals surface area contributed by atoms with Gasteiger partial charge in [-0.1, -0.05) is 29.8 Å². The maximum absolute atomic E-state index is 12.4. The number of amides is 1. The minimum atomic E-state index is -0.444. The number of carbonyl (C=O) groups excluding carboxylic acids is 1. The first-order chi connectivity index (χ1) is 13.6. The molecule has 0 saturated carbocycles. The van der Waals surface area contributed by atoms with E-state index in [1.807, 2.05) is 30.3 Å². The van der Waals surface area contributed by atoms with Gasteiger partial charge in [-0.2, -0.15) is 4.98 Å². The van der Waals surface area contributed by atoms with Crippen molar-refractivity contribution in [3.8, 4) is 0 Å². The first-order valence-corrected chi connectivity index (χ1v) is 8.80. The van der Waals surface area contributed by atoms with Crippen molar-refractivity contribution in [2.24, 2.45) is 0 Å². The minimum Gasteiger partial charge on any atom is -0.340 e. The summed E-state index contributed by atoms with van der Waals surface area (Å²) in [6.45, 7) is -0.230. The predicted octanol–water partition coefficient (Wildman–Crippen LogP) is 2.93. The van der Waals surface area contributed by atoms with Gasteiger partial charge in [0.25, 0.3) is 5.78 Å². The molecule has 1 amide bonds. The molecular formula is C19H15ClN6O2. The predicted molar refractivity (Wildman–Crippen MR) is 107 cm³/mol. The van der Waals surface area contributed by atoms with Gasteiger partial charge in [0, 0.05) is 22.6 Å². The van der Waals surface area contributed by atoms with Gasteiger partial charge >= 0.3 is 5.69 Å². The zero-order chi connectivity index (χ0) is 19.5. The Hall–Kier alpha value is -3.65. The Morgan fingerprint density at radius 2 is 1.75 bits per heavy atom. The summed E-state index contributed by atoms with van der Waals surface area (Å²) >= 11 is 5.82. The van der Waals surface area contributed by atoms with Crippen LogP contribution in [0, 0.1) is 0 Å². The Labute approximate surface area is 164 Å². The fraction of sp³-hybridized carbons (Fsp3) is 0.0526. The van der Waals surface area contributed by atoms with Gasteiger partial charge < -0.3 is 10.6 Å². The van der Waals surface area contributed by atoms with Crippen LogP contribution in [-0.2, 0) is 11.3 Å². The van der Waals surface area contributed by atoms with Gasteiger partial charge in [-0.25, -0.2) is 13.9 Å². The molecule has 0 atom stereocenters. The van der Waals surface area contributed by atoms with Crippen LogP contribution in [0.3, 0.4) is 0 Å². The summed E-state index contributed by atoms with van der Waals surface area (Å²) in [6.07, 6.45) is 1.57. The average molecular weight is 395 g/mol. The number of aromatic nitrogens is 4. The maximum atomic E-state index is 12.4. The number of hydrogen-bond donors (Lipinski definition) is 2. The number of carbonyl (C=O) groups is 1. The van der Waals surface area contributed by atoms with E-state index in [1.54, 1.807) is 36.5 Å². The summed E-state index contributed by atoms with van der Waals surface area (Å²) in [6, 6.07) is 17.9. The second-order valence-electron chi connectivity index (χ2n) is 5.97. The lowest BCUT2D eigenvalue weighted by Crippen LogP contribution is -2.28. The first-order valence-electron chi connectivity index (χ1n) is 8.42. The van der Waals surface area contributed by atoms with Gasteiger partial charge in [0.2, 0.25) is 5.91 Å². The maximum Gasteiger partial charge on any atom is 0.352 e. The van der Waals surface area contributed by atoms with Crippen LogP contribution >= 0.6 is 11.6 Å². The van der Waals surface area contributed by atoms with Gasteiger partial charge in [0.15, 0.2) is 0 Å². The molecule has 2 heterocycles. The standard InChI is InChI=1S/C19H15ClN6O2/c20-13-6-8-15(9-7-13)22-17(27)12-26-19(28)25-11-10-16(23-18(25)24-26)21-14-4-2-1-3-5-14/h1-11H,12H2,(H,22,27)(H,21,23,24). The molecule has 8 nitrogen and oxygen atoms in total. The number of para-hydroxylation sites is 1.